The smallest absolute Gasteiger partial charge is 0.266 e. The van der Waals surface area contributed by atoms with Crippen molar-refractivity contribution in [2.75, 3.05) is 5.75 Å². The Morgan fingerprint density at radius 1 is 0.426 bits per heavy atom. The number of carbonyl (C=O) groups excluding carboxylic acids is 1. The normalized spacial score (nSPS) is 13.6. The average Bonchev–Trinajstić information content (AvgIpc) is 3.14. The Kier molecular flexibility index (Phi) is 40.0. The number of nitrogens with one attached hydrogen (secondary N) is 1. The largest absolute Gasteiger partial charge is 0.391 e. The standard InChI is InChI=1S/C46H93NO6S/c1-3-5-7-9-11-13-15-17-19-21-22-23-24-25-27-28-30-32-34-36-38-40-44(48)43(42-54(51,52)53)47-46(50)45(49)41-39-37-35-33-31-29-26-20-18-16-14-12-10-8-6-4-2/h43-45,48-49H,3-42H2,1-2H3,(H,47,50)(H,51,52,53). The van der Waals surface area contributed by atoms with Crippen LogP contribution in [-0.4, -0.2) is 53.1 Å². The van der Waals surface area contributed by atoms with Crippen LogP contribution in [0.4, 0.5) is 0 Å². The van der Waals surface area contributed by atoms with Crippen molar-refractivity contribution in [3.63, 3.8) is 0 Å². The summed E-state index contributed by atoms with van der Waals surface area (Å²) in [5, 5.41) is 23.6. The molecule has 54 heavy (non-hydrogen) atoms. The van der Waals surface area contributed by atoms with E-state index in [-0.39, 0.29) is 0 Å². The van der Waals surface area contributed by atoms with E-state index in [4.69, 9.17) is 0 Å². The topological polar surface area (TPSA) is 124 Å². The van der Waals surface area contributed by atoms with Crippen LogP contribution in [0.2, 0.25) is 0 Å². The van der Waals surface area contributed by atoms with Crippen molar-refractivity contribution in [2.24, 2.45) is 0 Å². The van der Waals surface area contributed by atoms with Crippen molar-refractivity contribution in [1.29, 1.82) is 0 Å². The molecule has 324 valence electrons. The van der Waals surface area contributed by atoms with Gasteiger partial charge in [-0.25, -0.2) is 0 Å². The highest BCUT2D eigenvalue weighted by molar-refractivity contribution is 7.85. The number of carbonyl (C=O) groups is 1. The maximum Gasteiger partial charge on any atom is 0.266 e. The summed E-state index contributed by atoms with van der Waals surface area (Å²) in [6, 6.07) is -1.14. The minimum absolute atomic E-state index is 0.304. The van der Waals surface area contributed by atoms with Gasteiger partial charge in [-0.05, 0) is 12.8 Å². The lowest BCUT2D eigenvalue weighted by atomic mass is 10.0. The van der Waals surface area contributed by atoms with Crippen molar-refractivity contribution in [1.82, 2.24) is 5.32 Å². The molecule has 0 rings (SSSR count). The average molecular weight is 788 g/mol. The quantitative estimate of drug-likeness (QED) is 0.0360. The van der Waals surface area contributed by atoms with Gasteiger partial charge in [0.05, 0.1) is 17.9 Å². The summed E-state index contributed by atoms with van der Waals surface area (Å²) in [4.78, 5) is 12.7. The van der Waals surface area contributed by atoms with Crippen molar-refractivity contribution in [3.05, 3.63) is 0 Å². The van der Waals surface area contributed by atoms with Gasteiger partial charge in [0.25, 0.3) is 10.1 Å². The van der Waals surface area contributed by atoms with Crippen LogP contribution in [0.15, 0.2) is 0 Å². The fourth-order valence-corrected chi connectivity index (χ4v) is 8.52. The molecule has 3 unspecified atom stereocenters. The molecule has 0 fully saturated rings. The first kappa shape index (κ1) is 53.3. The summed E-state index contributed by atoms with van der Waals surface area (Å²) in [6.07, 6.45) is 45.5. The van der Waals surface area contributed by atoms with Gasteiger partial charge in [0, 0.05) is 0 Å². The van der Waals surface area contributed by atoms with Gasteiger partial charge < -0.3 is 15.5 Å². The zero-order valence-corrected chi connectivity index (χ0v) is 36.8. The lowest BCUT2D eigenvalue weighted by molar-refractivity contribution is -0.131. The first-order chi connectivity index (χ1) is 26.2. The van der Waals surface area contributed by atoms with Gasteiger partial charge in [-0.2, -0.15) is 8.42 Å². The van der Waals surface area contributed by atoms with E-state index in [1.54, 1.807) is 0 Å². The Balaban J connectivity index is 3.85. The molecule has 8 heteroatoms. The second-order valence-corrected chi connectivity index (χ2v) is 18.4. The van der Waals surface area contributed by atoms with E-state index in [0.717, 1.165) is 44.9 Å². The number of rotatable bonds is 44. The Hall–Kier alpha value is -0.700. The Morgan fingerprint density at radius 3 is 0.926 bits per heavy atom. The number of unbranched alkanes of at least 4 members (excludes halogenated alkanes) is 35. The van der Waals surface area contributed by atoms with Gasteiger partial charge in [0.1, 0.15) is 6.10 Å². The minimum atomic E-state index is -4.41. The monoisotopic (exact) mass is 788 g/mol. The molecule has 0 aliphatic heterocycles. The Bertz CT molecular complexity index is 884. The lowest BCUT2D eigenvalue weighted by Crippen LogP contribution is -2.50. The SMILES string of the molecule is CCCCCCCCCCCCCCCCCCCCCCCC(O)C(CS(=O)(=O)O)NC(=O)C(O)CCCCCCCCCCCCCCCCCC. The molecule has 0 aromatic carbocycles. The van der Waals surface area contributed by atoms with Crippen LogP contribution in [-0.2, 0) is 14.9 Å². The molecular weight excluding hydrogens is 695 g/mol. The molecule has 0 saturated carbocycles. The highest BCUT2D eigenvalue weighted by atomic mass is 32.2. The summed E-state index contributed by atoms with van der Waals surface area (Å²) in [5.41, 5.74) is 0. The summed E-state index contributed by atoms with van der Waals surface area (Å²) in [7, 11) is -4.41. The third-order valence-corrected chi connectivity index (χ3v) is 12.2. The van der Waals surface area contributed by atoms with E-state index >= 15 is 0 Å². The number of hydrogen-bond acceptors (Lipinski definition) is 5. The number of aliphatic hydroxyl groups is 2. The van der Waals surface area contributed by atoms with Gasteiger partial charge in [-0.15, -0.1) is 0 Å². The lowest BCUT2D eigenvalue weighted by Gasteiger charge is -2.24. The Labute approximate surface area is 336 Å². The number of hydrogen-bond donors (Lipinski definition) is 4. The number of amides is 1. The molecular formula is C46H93NO6S. The Morgan fingerprint density at radius 2 is 0.667 bits per heavy atom. The zero-order valence-electron chi connectivity index (χ0n) is 36.0. The van der Waals surface area contributed by atoms with Gasteiger partial charge in [0.15, 0.2) is 0 Å². The summed E-state index contributed by atoms with van der Waals surface area (Å²) in [6.45, 7) is 4.54. The van der Waals surface area contributed by atoms with Crippen LogP contribution < -0.4 is 5.32 Å². The van der Waals surface area contributed by atoms with E-state index < -0.39 is 40.0 Å². The molecule has 0 aromatic rings. The maximum atomic E-state index is 12.7. The van der Waals surface area contributed by atoms with Gasteiger partial charge in [0.2, 0.25) is 5.91 Å². The molecule has 0 spiro atoms. The molecule has 0 radical (unpaired) electrons. The molecule has 0 aliphatic rings. The highest BCUT2D eigenvalue weighted by Gasteiger charge is 2.28. The highest BCUT2D eigenvalue weighted by Crippen LogP contribution is 2.18. The fraction of sp³-hybridized carbons (Fsp3) is 0.978. The van der Waals surface area contributed by atoms with Crippen LogP contribution in [0.3, 0.4) is 0 Å². The predicted molar refractivity (Wildman–Crippen MR) is 232 cm³/mol. The van der Waals surface area contributed by atoms with Crippen LogP contribution in [0, 0.1) is 0 Å². The molecule has 0 heterocycles. The van der Waals surface area contributed by atoms with Crippen LogP contribution in [0.25, 0.3) is 0 Å². The predicted octanol–water partition coefficient (Wildman–Crippen LogP) is 13.3. The third kappa shape index (κ3) is 39.5. The van der Waals surface area contributed by atoms with Crippen molar-refractivity contribution in [3.8, 4) is 0 Å². The van der Waals surface area contributed by atoms with Crippen LogP contribution in [0.5, 0.6) is 0 Å². The molecule has 7 nitrogen and oxygen atoms in total. The van der Waals surface area contributed by atoms with Gasteiger partial charge in [-0.3, -0.25) is 9.35 Å². The summed E-state index contributed by atoms with van der Waals surface area (Å²) >= 11 is 0. The van der Waals surface area contributed by atoms with Crippen molar-refractivity contribution >= 4 is 16.0 Å². The molecule has 0 aromatic heterocycles. The second-order valence-electron chi connectivity index (χ2n) is 16.9. The minimum Gasteiger partial charge on any atom is -0.391 e. The van der Waals surface area contributed by atoms with E-state index in [1.165, 1.54) is 193 Å². The zero-order chi connectivity index (χ0) is 39.8. The molecule has 3 atom stereocenters. The van der Waals surface area contributed by atoms with Gasteiger partial charge in [-0.1, -0.05) is 251 Å². The third-order valence-electron chi connectivity index (χ3n) is 11.4. The molecule has 1 amide bonds. The summed E-state index contributed by atoms with van der Waals surface area (Å²) in [5.74, 6) is -1.44. The second kappa shape index (κ2) is 40.5. The molecule has 4 N–H and O–H groups in total. The van der Waals surface area contributed by atoms with E-state index in [1.807, 2.05) is 0 Å². The molecule has 0 saturated heterocycles. The molecule has 0 aliphatic carbocycles. The first-order valence-electron chi connectivity index (χ1n) is 23.8. The number of aliphatic hydroxyl groups excluding tert-OH is 2. The van der Waals surface area contributed by atoms with Crippen molar-refractivity contribution < 1.29 is 28.0 Å². The fourth-order valence-electron chi connectivity index (χ4n) is 7.76. The van der Waals surface area contributed by atoms with E-state index in [2.05, 4.69) is 19.2 Å². The maximum absolute atomic E-state index is 12.7. The van der Waals surface area contributed by atoms with Crippen LogP contribution in [0.1, 0.15) is 264 Å². The molecule has 0 bridgehead atoms. The van der Waals surface area contributed by atoms with Crippen LogP contribution >= 0.6 is 0 Å². The van der Waals surface area contributed by atoms with Crippen molar-refractivity contribution in [2.45, 2.75) is 283 Å². The van der Waals surface area contributed by atoms with E-state index in [9.17, 15) is 28.0 Å². The first-order valence-corrected chi connectivity index (χ1v) is 25.4. The van der Waals surface area contributed by atoms with E-state index in [0.29, 0.717) is 12.8 Å². The van der Waals surface area contributed by atoms with Gasteiger partial charge >= 0.3 is 0 Å². The summed E-state index contributed by atoms with van der Waals surface area (Å²) < 4.78 is 32.7.